The Hall–Kier alpha value is -1.53. The number of hydrogen-bond acceptors (Lipinski definition) is 5. The summed E-state index contributed by atoms with van der Waals surface area (Å²) < 4.78 is 0. The van der Waals surface area contributed by atoms with Gasteiger partial charge in [0.2, 0.25) is 0 Å². The molecule has 1 aromatic rings. The number of carbonyl (C=O) groups excluding carboxylic acids is 1. The summed E-state index contributed by atoms with van der Waals surface area (Å²) in [5, 5.41) is 12.6. The number of aliphatic hydroxyl groups is 1. The van der Waals surface area contributed by atoms with E-state index in [4.69, 9.17) is 0 Å². The number of carbonyl (C=O) groups is 1. The van der Waals surface area contributed by atoms with Crippen molar-refractivity contribution < 1.29 is 9.90 Å². The standard InChI is InChI=1S/C11H18N4O2/c1-11(17,8-15(2)3)7-14-10(16)9-6-12-4-5-13-9/h4-6,17H,7-8H2,1-3H3,(H,14,16). The average Bonchev–Trinajstić information content (AvgIpc) is 2.25. The SMILES string of the molecule is CN(C)CC(C)(O)CNC(=O)c1cnccn1. The summed E-state index contributed by atoms with van der Waals surface area (Å²) in [5.41, 5.74) is -0.727. The lowest BCUT2D eigenvalue weighted by Crippen LogP contribution is -2.47. The quantitative estimate of drug-likeness (QED) is 0.724. The van der Waals surface area contributed by atoms with Gasteiger partial charge in [0.15, 0.2) is 0 Å². The maximum absolute atomic E-state index is 11.6. The van der Waals surface area contributed by atoms with Gasteiger partial charge in [0.25, 0.3) is 5.91 Å². The van der Waals surface area contributed by atoms with Crippen LogP contribution in [-0.2, 0) is 0 Å². The largest absolute Gasteiger partial charge is 0.387 e. The fourth-order valence-corrected chi connectivity index (χ4v) is 1.51. The summed E-state index contributed by atoms with van der Waals surface area (Å²) in [5.74, 6) is -0.336. The molecular formula is C11H18N4O2. The third-order valence-electron chi connectivity index (χ3n) is 2.08. The van der Waals surface area contributed by atoms with Crippen LogP contribution < -0.4 is 5.32 Å². The van der Waals surface area contributed by atoms with E-state index in [0.717, 1.165) is 0 Å². The summed E-state index contributed by atoms with van der Waals surface area (Å²) in [7, 11) is 3.72. The van der Waals surface area contributed by atoms with Crippen LogP contribution >= 0.6 is 0 Å². The van der Waals surface area contributed by atoms with Crippen molar-refractivity contribution in [2.45, 2.75) is 12.5 Å². The van der Waals surface area contributed by atoms with Crippen molar-refractivity contribution in [3.05, 3.63) is 24.3 Å². The molecule has 0 fully saturated rings. The first-order chi connectivity index (χ1) is 7.91. The van der Waals surface area contributed by atoms with Gasteiger partial charge in [-0.05, 0) is 21.0 Å². The molecule has 94 valence electrons. The summed E-state index contributed by atoms with van der Waals surface area (Å²) in [6.45, 7) is 2.30. The number of rotatable bonds is 5. The van der Waals surface area contributed by atoms with Crippen molar-refractivity contribution in [2.75, 3.05) is 27.2 Å². The van der Waals surface area contributed by atoms with Gasteiger partial charge < -0.3 is 15.3 Å². The van der Waals surface area contributed by atoms with E-state index < -0.39 is 5.60 Å². The molecule has 1 atom stereocenters. The Bertz CT molecular complexity index is 365. The molecule has 1 amide bonds. The molecular weight excluding hydrogens is 220 g/mol. The number of likely N-dealkylation sites (N-methyl/N-ethyl adjacent to an activating group) is 1. The van der Waals surface area contributed by atoms with Crippen LogP contribution in [0.2, 0.25) is 0 Å². The van der Waals surface area contributed by atoms with Gasteiger partial charge in [0.05, 0.1) is 11.8 Å². The van der Waals surface area contributed by atoms with Gasteiger partial charge >= 0.3 is 0 Å². The number of amides is 1. The molecule has 0 aliphatic rings. The molecule has 17 heavy (non-hydrogen) atoms. The van der Waals surface area contributed by atoms with Crippen molar-refractivity contribution in [3.8, 4) is 0 Å². The maximum atomic E-state index is 11.6. The predicted molar refractivity (Wildman–Crippen MR) is 63.5 cm³/mol. The van der Waals surface area contributed by atoms with Crippen LogP contribution in [0.5, 0.6) is 0 Å². The molecule has 0 saturated heterocycles. The van der Waals surface area contributed by atoms with Gasteiger partial charge in [-0.1, -0.05) is 0 Å². The van der Waals surface area contributed by atoms with Crippen LogP contribution in [-0.4, -0.2) is 58.7 Å². The summed E-state index contributed by atoms with van der Waals surface area (Å²) in [4.78, 5) is 21.2. The molecule has 6 nitrogen and oxygen atoms in total. The molecule has 6 heteroatoms. The molecule has 0 aromatic carbocycles. The zero-order chi connectivity index (χ0) is 12.9. The smallest absolute Gasteiger partial charge is 0.271 e. The van der Waals surface area contributed by atoms with E-state index in [0.29, 0.717) is 6.54 Å². The van der Waals surface area contributed by atoms with Crippen molar-refractivity contribution in [1.82, 2.24) is 20.2 Å². The number of nitrogens with one attached hydrogen (secondary N) is 1. The molecule has 1 unspecified atom stereocenters. The van der Waals surface area contributed by atoms with Gasteiger partial charge in [-0.3, -0.25) is 9.78 Å². The third kappa shape index (κ3) is 4.88. The minimum Gasteiger partial charge on any atom is -0.387 e. The maximum Gasteiger partial charge on any atom is 0.271 e. The molecule has 1 rings (SSSR count). The lowest BCUT2D eigenvalue weighted by molar-refractivity contribution is 0.0325. The van der Waals surface area contributed by atoms with Crippen LogP contribution in [0.3, 0.4) is 0 Å². The van der Waals surface area contributed by atoms with Crippen LogP contribution in [0.4, 0.5) is 0 Å². The fourth-order valence-electron chi connectivity index (χ4n) is 1.51. The fraction of sp³-hybridized carbons (Fsp3) is 0.545. The molecule has 0 aliphatic heterocycles. The lowest BCUT2D eigenvalue weighted by Gasteiger charge is -2.26. The van der Waals surface area contributed by atoms with E-state index in [2.05, 4.69) is 15.3 Å². The second kappa shape index (κ2) is 5.70. The van der Waals surface area contributed by atoms with E-state index in [1.165, 1.54) is 18.6 Å². The van der Waals surface area contributed by atoms with E-state index >= 15 is 0 Å². The molecule has 0 saturated carbocycles. The van der Waals surface area contributed by atoms with Gasteiger partial charge in [-0.2, -0.15) is 0 Å². The monoisotopic (exact) mass is 238 g/mol. The Morgan fingerprint density at radius 3 is 2.76 bits per heavy atom. The van der Waals surface area contributed by atoms with E-state index in [1.54, 1.807) is 6.92 Å². The number of aromatic nitrogens is 2. The minimum absolute atomic E-state index is 0.167. The second-order valence-electron chi connectivity index (χ2n) is 4.51. The Morgan fingerprint density at radius 2 is 2.24 bits per heavy atom. The van der Waals surface area contributed by atoms with Crippen molar-refractivity contribution in [3.63, 3.8) is 0 Å². The molecule has 1 aromatic heterocycles. The van der Waals surface area contributed by atoms with Crippen molar-refractivity contribution in [2.24, 2.45) is 0 Å². The minimum atomic E-state index is -0.971. The third-order valence-corrected chi connectivity index (χ3v) is 2.08. The van der Waals surface area contributed by atoms with Gasteiger partial charge in [-0.15, -0.1) is 0 Å². The highest BCUT2D eigenvalue weighted by molar-refractivity contribution is 5.91. The number of hydrogen-bond donors (Lipinski definition) is 2. The van der Waals surface area contributed by atoms with Crippen LogP contribution in [0.15, 0.2) is 18.6 Å². The highest BCUT2D eigenvalue weighted by Gasteiger charge is 2.22. The molecule has 2 N–H and O–H groups in total. The second-order valence-corrected chi connectivity index (χ2v) is 4.51. The first-order valence-electron chi connectivity index (χ1n) is 5.32. The van der Waals surface area contributed by atoms with Crippen LogP contribution in [0, 0.1) is 0 Å². The number of nitrogens with zero attached hydrogens (tertiary/aromatic N) is 3. The highest BCUT2D eigenvalue weighted by Crippen LogP contribution is 2.03. The topological polar surface area (TPSA) is 78.4 Å². The molecule has 0 radical (unpaired) electrons. The van der Waals surface area contributed by atoms with Crippen molar-refractivity contribution in [1.29, 1.82) is 0 Å². The Kier molecular flexibility index (Phi) is 4.53. The van der Waals surface area contributed by atoms with Crippen LogP contribution in [0.1, 0.15) is 17.4 Å². The zero-order valence-electron chi connectivity index (χ0n) is 10.3. The van der Waals surface area contributed by atoms with Crippen molar-refractivity contribution >= 4 is 5.91 Å². The Morgan fingerprint density at radius 1 is 1.53 bits per heavy atom. The first kappa shape index (κ1) is 13.5. The average molecular weight is 238 g/mol. The molecule has 0 bridgehead atoms. The van der Waals surface area contributed by atoms with Crippen LogP contribution in [0.25, 0.3) is 0 Å². The first-order valence-corrected chi connectivity index (χ1v) is 5.32. The summed E-state index contributed by atoms with van der Waals surface area (Å²) in [6, 6.07) is 0. The summed E-state index contributed by atoms with van der Waals surface area (Å²) >= 11 is 0. The normalized spacial score (nSPS) is 14.4. The van der Waals surface area contributed by atoms with Gasteiger partial charge in [0.1, 0.15) is 5.69 Å². The molecule has 0 aliphatic carbocycles. The zero-order valence-corrected chi connectivity index (χ0v) is 10.3. The van der Waals surface area contributed by atoms with Gasteiger partial charge in [-0.25, -0.2) is 4.98 Å². The highest BCUT2D eigenvalue weighted by atomic mass is 16.3. The van der Waals surface area contributed by atoms with Gasteiger partial charge in [0, 0.05) is 25.5 Å². The van der Waals surface area contributed by atoms with E-state index in [-0.39, 0.29) is 18.1 Å². The molecule has 1 heterocycles. The Labute approximate surface area is 101 Å². The summed E-state index contributed by atoms with van der Waals surface area (Å²) in [6.07, 6.45) is 4.34. The Balaban J connectivity index is 2.48. The van der Waals surface area contributed by atoms with E-state index in [9.17, 15) is 9.90 Å². The molecule has 0 spiro atoms. The lowest BCUT2D eigenvalue weighted by atomic mass is 10.1. The van der Waals surface area contributed by atoms with E-state index in [1.807, 2.05) is 19.0 Å². The predicted octanol–water partition coefficient (Wildman–Crippen LogP) is -0.481.